The summed E-state index contributed by atoms with van der Waals surface area (Å²) in [5.74, 6) is 0.866. The molecule has 2 aliphatic rings. The number of hydrogen-bond donors (Lipinski definition) is 1. The molecule has 0 amide bonds. The number of ether oxygens (including phenoxy) is 1. The molecule has 0 spiro atoms. The Hall–Kier alpha value is -1.05. The van der Waals surface area contributed by atoms with Crippen molar-refractivity contribution in [3.63, 3.8) is 0 Å². The molecule has 0 saturated carbocycles. The summed E-state index contributed by atoms with van der Waals surface area (Å²) >= 11 is 1.64. The van der Waals surface area contributed by atoms with Gasteiger partial charge in [-0.2, -0.15) is 9.61 Å². The number of aromatic nitrogens is 4. The van der Waals surface area contributed by atoms with E-state index in [0.29, 0.717) is 6.04 Å². The minimum atomic E-state index is 0.0734. The maximum absolute atomic E-state index is 5.69. The van der Waals surface area contributed by atoms with Crippen LogP contribution in [0, 0.1) is 0 Å². The van der Waals surface area contributed by atoms with Gasteiger partial charge in [-0.3, -0.25) is 0 Å². The lowest BCUT2D eigenvalue weighted by molar-refractivity contribution is 0.103. The summed E-state index contributed by atoms with van der Waals surface area (Å²) in [6, 6.07) is 0.387. The third kappa shape index (κ3) is 2.05. The molecular weight excluding hydrogens is 262 g/mol. The zero-order valence-electron chi connectivity index (χ0n) is 10.7. The van der Waals surface area contributed by atoms with E-state index in [1.807, 2.05) is 4.52 Å². The quantitative estimate of drug-likeness (QED) is 0.909. The van der Waals surface area contributed by atoms with Crippen LogP contribution >= 0.6 is 11.3 Å². The lowest BCUT2D eigenvalue weighted by atomic mass is 10.1. The van der Waals surface area contributed by atoms with Gasteiger partial charge in [0.1, 0.15) is 11.1 Å². The fourth-order valence-electron chi connectivity index (χ4n) is 2.83. The highest BCUT2D eigenvalue weighted by atomic mass is 32.1. The normalized spacial score (nSPS) is 28.2. The van der Waals surface area contributed by atoms with Gasteiger partial charge in [0, 0.05) is 6.61 Å². The third-order valence-corrected chi connectivity index (χ3v) is 4.87. The van der Waals surface area contributed by atoms with Gasteiger partial charge in [0.2, 0.25) is 4.96 Å². The number of nitrogens with one attached hydrogen (secondary N) is 1. The Morgan fingerprint density at radius 1 is 1.21 bits per heavy atom. The maximum Gasteiger partial charge on any atom is 0.234 e. The molecule has 0 aromatic carbocycles. The largest absolute Gasteiger partial charge is 0.370 e. The summed E-state index contributed by atoms with van der Waals surface area (Å²) in [6.45, 7) is 1.91. The molecule has 2 unspecified atom stereocenters. The van der Waals surface area contributed by atoms with E-state index in [1.54, 1.807) is 11.3 Å². The second kappa shape index (κ2) is 4.81. The first-order chi connectivity index (χ1) is 9.42. The molecule has 0 bridgehead atoms. The predicted octanol–water partition coefficient (Wildman–Crippen LogP) is 1.85. The van der Waals surface area contributed by atoms with Crippen molar-refractivity contribution in [1.82, 2.24) is 25.1 Å². The zero-order valence-corrected chi connectivity index (χ0v) is 11.5. The van der Waals surface area contributed by atoms with E-state index >= 15 is 0 Å². The van der Waals surface area contributed by atoms with Crippen molar-refractivity contribution in [2.45, 2.75) is 44.2 Å². The highest BCUT2D eigenvalue weighted by molar-refractivity contribution is 7.16. The van der Waals surface area contributed by atoms with E-state index in [1.165, 1.54) is 19.3 Å². The Balaban J connectivity index is 1.67. The Bertz CT molecular complexity index is 568. The second-order valence-electron chi connectivity index (χ2n) is 5.20. The molecule has 2 fully saturated rings. The number of piperidine rings is 1. The Morgan fingerprint density at radius 2 is 2.21 bits per heavy atom. The van der Waals surface area contributed by atoms with Crippen molar-refractivity contribution in [2.75, 3.05) is 13.2 Å². The SMILES string of the molecule is C1CCC(c2nn3c(C4CCCO4)nnc3s2)NC1. The molecule has 2 aromatic rings. The molecule has 2 aromatic heterocycles. The van der Waals surface area contributed by atoms with Gasteiger partial charge in [-0.15, -0.1) is 10.2 Å². The van der Waals surface area contributed by atoms with E-state index in [2.05, 4.69) is 15.5 Å². The summed E-state index contributed by atoms with van der Waals surface area (Å²) in [5, 5.41) is 17.8. The predicted molar refractivity (Wildman–Crippen MR) is 71.2 cm³/mol. The van der Waals surface area contributed by atoms with Crippen LogP contribution in [0.4, 0.5) is 0 Å². The van der Waals surface area contributed by atoms with Crippen molar-refractivity contribution in [1.29, 1.82) is 0 Å². The van der Waals surface area contributed by atoms with Gasteiger partial charge in [-0.05, 0) is 32.2 Å². The molecule has 0 aliphatic carbocycles. The number of fused-ring (bicyclic) bond motifs is 1. The van der Waals surface area contributed by atoms with Crippen LogP contribution in [0.3, 0.4) is 0 Å². The first-order valence-electron chi connectivity index (χ1n) is 6.99. The van der Waals surface area contributed by atoms with E-state index in [0.717, 1.165) is 41.8 Å². The van der Waals surface area contributed by atoms with E-state index < -0.39 is 0 Å². The lowest BCUT2D eigenvalue weighted by Gasteiger charge is -2.20. The van der Waals surface area contributed by atoms with Crippen LogP contribution in [0.5, 0.6) is 0 Å². The number of nitrogens with zero attached hydrogens (tertiary/aromatic N) is 4. The van der Waals surface area contributed by atoms with Crippen LogP contribution in [0.25, 0.3) is 4.96 Å². The summed E-state index contributed by atoms with van der Waals surface area (Å²) in [6.07, 6.45) is 5.90. The number of rotatable bonds is 2. The smallest absolute Gasteiger partial charge is 0.234 e. The molecule has 0 radical (unpaired) electrons. The van der Waals surface area contributed by atoms with Gasteiger partial charge in [-0.25, -0.2) is 0 Å². The minimum absolute atomic E-state index is 0.0734. The van der Waals surface area contributed by atoms with Crippen LogP contribution < -0.4 is 5.32 Å². The molecular formula is C12H17N5OS. The van der Waals surface area contributed by atoms with Crippen molar-refractivity contribution in [3.05, 3.63) is 10.8 Å². The third-order valence-electron chi connectivity index (χ3n) is 3.86. The molecule has 6 nitrogen and oxygen atoms in total. The Labute approximate surface area is 115 Å². The molecule has 102 valence electrons. The second-order valence-corrected chi connectivity index (χ2v) is 6.18. The summed E-state index contributed by atoms with van der Waals surface area (Å²) < 4.78 is 7.57. The average molecular weight is 279 g/mol. The van der Waals surface area contributed by atoms with Crippen molar-refractivity contribution >= 4 is 16.3 Å². The van der Waals surface area contributed by atoms with Crippen LogP contribution in [0.2, 0.25) is 0 Å². The first-order valence-corrected chi connectivity index (χ1v) is 7.80. The van der Waals surface area contributed by atoms with Gasteiger partial charge < -0.3 is 10.1 Å². The Kier molecular flexibility index (Phi) is 2.97. The highest BCUT2D eigenvalue weighted by Crippen LogP contribution is 2.31. The van der Waals surface area contributed by atoms with Gasteiger partial charge in [0.05, 0.1) is 6.04 Å². The fourth-order valence-corrected chi connectivity index (χ4v) is 3.79. The summed E-state index contributed by atoms with van der Waals surface area (Å²) in [4.78, 5) is 0.882. The summed E-state index contributed by atoms with van der Waals surface area (Å²) in [5.41, 5.74) is 0. The van der Waals surface area contributed by atoms with Crippen LogP contribution in [-0.4, -0.2) is 33.0 Å². The molecule has 4 heterocycles. The van der Waals surface area contributed by atoms with Crippen LogP contribution in [-0.2, 0) is 4.74 Å². The maximum atomic E-state index is 5.69. The minimum Gasteiger partial charge on any atom is -0.370 e. The van der Waals surface area contributed by atoms with E-state index in [9.17, 15) is 0 Å². The number of hydrogen-bond acceptors (Lipinski definition) is 6. The van der Waals surface area contributed by atoms with Crippen LogP contribution in [0.1, 0.15) is 55.1 Å². The lowest BCUT2D eigenvalue weighted by Crippen LogP contribution is -2.26. The average Bonchev–Trinajstić information content (AvgIpc) is 3.15. The van der Waals surface area contributed by atoms with Crippen molar-refractivity contribution < 1.29 is 4.74 Å². The van der Waals surface area contributed by atoms with Crippen LogP contribution in [0.15, 0.2) is 0 Å². The molecule has 19 heavy (non-hydrogen) atoms. The van der Waals surface area contributed by atoms with E-state index in [-0.39, 0.29) is 6.10 Å². The fraction of sp³-hybridized carbons (Fsp3) is 0.750. The molecule has 2 atom stereocenters. The first kappa shape index (κ1) is 11.7. The zero-order chi connectivity index (χ0) is 12.7. The molecule has 7 heteroatoms. The molecule has 4 rings (SSSR count). The Morgan fingerprint density at radius 3 is 3.00 bits per heavy atom. The highest BCUT2D eigenvalue weighted by Gasteiger charge is 2.26. The molecule has 2 saturated heterocycles. The van der Waals surface area contributed by atoms with Crippen molar-refractivity contribution in [2.24, 2.45) is 0 Å². The molecule has 2 aliphatic heterocycles. The van der Waals surface area contributed by atoms with E-state index in [4.69, 9.17) is 9.84 Å². The summed E-state index contributed by atoms with van der Waals surface area (Å²) in [7, 11) is 0. The standard InChI is InChI=1S/C12H17N5OS/c1-2-6-13-8(4-1)11-16-17-10(9-5-3-7-18-9)14-15-12(17)19-11/h8-9,13H,1-7H2. The monoisotopic (exact) mass is 279 g/mol. The topological polar surface area (TPSA) is 64.3 Å². The van der Waals surface area contributed by atoms with Gasteiger partial charge in [-0.1, -0.05) is 17.8 Å². The van der Waals surface area contributed by atoms with Crippen molar-refractivity contribution in [3.8, 4) is 0 Å². The molecule has 1 N–H and O–H groups in total. The van der Waals surface area contributed by atoms with Gasteiger partial charge in [0.15, 0.2) is 5.82 Å². The van der Waals surface area contributed by atoms with Gasteiger partial charge in [0.25, 0.3) is 0 Å². The van der Waals surface area contributed by atoms with Gasteiger partial charge >= 0.3 is 0 Å².